The fourth-order valence-electron chi connectivity index (χ4n) is 5.09. The molecule has 3 rings (SSSR count). The van der Waals surface area contributed by atoms with E-state index in [-0.39, 0.29) is 22.6 Å². The van der Waals surface area contributed by atoms with E-state index in [0.717, 1.165) is 23.6 Å². The first kappa shape index (κ1) is 15.6. The first-order valence-electron chi connectivity index (χ1n) is 7.81. The van der Waals surface area contributed by atoms with E-state index in [1.165, 1.54) is 0 Å². The summed E-state index contributed by atoms with van der Waals surface area (Å²) in [6.45, 7) is 6.00. The minimum atomic E-state index is -3.63. The number of rotatable bonds is 3. The number of azide groups is 1. The molecule has 1 heterocycles. The van der Waals surface area contributed by atoms with Crippen LogP contribution in [0, 0.1) is 16.7 Å². The van der Waals surface area contributed by atoms with E-state index < -0.39 is 22.0 Å². The highest BCUT2D eigenvalue weighted by atomic mass is 32.2. The molecule has 7 nitrogen and oxygen atoms in total. The number of carbonyl (C=O) groups is 1. The van der Waals surface area contributed by atoms with Crippen LogP contribution in [0.4, 0.5) is 0 Å². The maximum Gasteiger partial charge on any atom is 0.245 e. The molecule has 0 aromatic rings. The smallest absolute Gasteiger partial charge is 0.245 e. The fraction of sp³-hybridized carbons (Fsp3) is 0.929. The molecule has 2 saturated carbocycles. The minimum Gasteiger partial charge on any atom is -0.273 e. The Morgan fingerprint density at radius 2 is 2.18 bits per heavy atom. The minimum absolute atomic E-state index is 0.0482. The number of hydrogen-bond donors (Lipinski definition) is 0. The summed E-state index contributed by atoms with van der Waals surface area (Å²) in [5, 5.41) is 3.49. The van der Waals surface area contributed by atoms with Gasteiger partial charge in [0, 0.05) is 10.3 Å². The number of sulfonamides is 1. The summed E-state index contributed by atoms with van der Waals surface area (Å²) in [6, 6.07) is -1.20. The van der Waals surface area contributed by atoms with E-state index in [2.05, 4.69) is 23.9 Å². The molecule has 1 spiro atoms. The SMILES string of the molecule is CC[C@H](N=[N+]=[N-])C(=O)N1[C@@H]2C[C@H]3CC[C@]2(CS1(=O)=O)C3(C)C. The first-order chi connectivity index (χ1) is 10.2. The van der Waals surface area contributed by atoms with Gasteiger partial charge in [-0.2, -0.15) is 0 Å². The van der Waals surface area contributed by atoms with Gasteiger partial charge < -0.3 is 0 Å². The number of hydrogen-bond acceptors (Lipinski definition) is 4. The lowest BCUT2D eigenvalue weighted by molar-refractivity contribution is -0.130. The van der Waals surface area contributed by atoms with E-state index in [0.29, 0.717) is 12.3 Å². The first-order valence-corrected chi connectivity index (χ1v) is 9.42. The van der Waals surface area contributed by atoms with Crippen LogP contribution in [0.5, 0.6) is 0 Å². The molecule has 2 bridgehead atoms. The Kier molecular flexibility index (Phi) is 3.28. The molecule has 0 unspecified atom stereocenters. The summed E-state index contributed by atoms with van der Waals surface area (Å²) < 4.78 is 26.4. The lowest BCUT2D eigenvalue weighted by atomic mass is 9.69. The zero-order valence-electron chi connectivity index (χ0n) is 13.2. The predicted octanol–water partition coefficient (Wildman–Crippen LogP) is 2.44. The van der Waals surface area contributed by atoms with Gasteiger partial charge in [0.15, 0.2) is 0 Å². The van der Waals surface area contributed by atoms with Crippen molar-refractivity contribution in [3.8, 4) is 0 Å². The van der Waals surface area contributed by atoms with Crippen molar-refractivity contribution in [3.63, 3.8) is 0 Å². The van der Waals surface area contributed by atoms with E-state index in [4.69, 9.17) is 5.53 Å². The Morgan fingerprint density at radius 1 is 1.50 bits per heavy atom. The van der Waals surface area contributed by atoms with Gasteiger partial charge in [-0.15, -0.1) is 0 Å². The van der Waals surface area contributed by atoms with Gasteiger partial charge in [-0.3, -0.25) is 4.79 Å². The zero-order chi connectivity index (χ0) is 16.3. The highest BCUT2D eigenvalue weighted by Gasteiger charge is 2.72. The highest BCUT2D eigenvalue weighted by molar-refractivity contribution is 7.90. The molecule has 4 atom stereocenters. The molecule has 0 radical (unpaired) electrons. The summed E-state index contributed by atoms with van der Waals surface area (Å²) in [7, 11) is -3.63. The largest absolute Gasteiger partial charge is 0.273 e. The molecule has 1 amide bonds. The van der Waals surface area contributed by atoms with Gasteiger partial charge in [0.05, 0.1) is 11.8 Å². The highest BCUT2D eigenvalue weighted by Crippen LogP contribution is 2.70. The van der Waals surface area contributed by atoms with Crippen molar-refractivity contribution in [2.45, 2.75) is 58.5 Å². The van der Waals surface area contributed by atoms with Crippen LogP contribution in [0.15, 0.2) is 5.11 Å². The van der Waals surface area contributed by atoms with Crippen LogP contribution in [0.2, 0.25) is 0 Å². The van der Waals surface area contributed by atoms with E-state index >= 15 is 0 Å². The van der Waals surface area contributed by atoms with Gasteiger partial charge in [-0.05, 0) is 42.5 Å². The third-order valence-electron chi connectivity index (χ3n) is 6.49. The molecule has 0 N–H and O–H groups in total. The maximum atomic E-state index is 12.7. The van der Waals surface area contributed by atoms with Crippen molar-refractivity contribution in [2.75, 3.05) is 5.75 Å². The standard InChI is InChI=1S/C14H22N4O3S/c1-4-10(16-17-15)12(19)18-11-7-9-5-6-14(11,13(9,2)3)8-22(18,20)21/h9-11H,4-8H2,1-3H3/t9-,10+,11-,14-/m1/s1. The summed E-state index contributed by atoms with van der Waals surface area (Å²) in [4.78, 5) is 15.4. The number of carbonyl (C=O) groups excluding carboxylic acids is 1. The molecule has 3 aliphatic rings. The van der Waals surface area contributed by atoms with E-state index in [1.807, 2.05) is 0 Å². The second-order valence-electron chi connectivity index (χ2n) is 7.38. The molecule has 1 saturated heterocycles. The molecule has 1 aliphatic heterocycles. The van der Waals surface area contributed by atoms with Gasteiger partial charge in [-0.25, -0.2) is 12.7 Å². The molecular formula is C14H22N4O3S. The molecule has 3 fully saturated rings. The van der Waals surface area contributed by atoms with Gasteiger partial charge in [0.2, 0.25) is 15.9 Å². The topological polar surface area (TPSA) is 103 Å². The summed E-state index contributed by atoms with van der Waals surface area (Å²) >= 11 is 0. The summed E-state index contributed by atoms with van der Waals surface area (Å²) in [5.41, 5.74) is 8.20. The van der Waals surface area contributed by atoms with E-state index in [9.17, 15) is 13.2 Å². The van der Waals surface area contributed by atoms with Crippen molar-refractivity contribution in [2.24, 2.45) is 21.9 Å². The number of fused-ring (bicyclic) bond motifs is 1. The molecule has 8 heteroatoms. The van der Waals surface area contributed by atoms with Gasteiger partial charge >= 0.3 is 0 Å². The lowest BCUT2D eigenvalue weighted by Gasteiger charge is -2.37. The van der Waals surface area contributed by atoms with Crippen LogP contribution in [0.25, 0.3) is 10.4 Å². The lowest BCUT2D eigenvalue weighted by Crippen LogP contribution is -2.47. The van der Waals surface area contributed by atoms with Crippen molar-refractivity contribution in [1.29, 1.82) is 0 Å². The second-order valence-corrected chi connectivity index (χ2v) is 9.23. The summed E-state index contributed by atoms with van der Waals surface area (Å²) in [5.74, 6) is -0.0412. The molecule has 2 aliphatic carbocycles. The van der Waals surface area contributed by atoms with Crippen LogP contribution in [0.1, 0.15) is 46.5 Å². The van der Waals surface area contributed by atoms with Crippen LogP contribution >= 0.6 is 0 Å². The molecule has 122 valence electrons. The average Bonchev–Trinajstić information content (AvgIpc) is 2.90. The third kappa shape index (κ3) is 1.71. The molecule has 0 aromatic carbocycles. The van der Waals surface area contributed by atoms with Crippen molar-refractivity contribution in [3.05, 3.63) is 10.4 Å². The number of amides is 1. The Bertz CT molecular complexity index is 668. The van der Waals surface area contributed by atoms with E-state index in [1.54, 1.807) is 6.92 Å². The summed E-state index contributed by atoms with van der Waals surface area (Å²) in [6.07, 6.45) is 2.94. The van der Waals surface area contributed by atoms with Gasteiger partial charge in [-0.1, -0.05) is 25.9 Å². The Morgan fingerprint density at radius 3 is 2.73 bits per heavy atom. The fourth-order valence-corrected chi connectivity index (χ4v) is 7.66. The second kappa shape index (κ2) is 4.61. The van der Waals surface area contributed by atoms with Crippen molar-refractivity contribution >= 4 is 15.9 Å². The number of nitrogens with zero attached hydrogens (tertiary/aromatic N) is 4. The normalized spacial score (nSPS) is 38.4. The Hall–Kier alpha value is -1.27. The Balaban J connectivity index is 2.03. The van der Waals surface area contributed by atoms with Gasteiger partial charge in [0.1, 0.15) is 6.04 Å². The van der Waals surface area contributed by atoms with Crippen LogP contribution < -0.4 is 0 Å². The monoisotopic (exact) mass is 326 g/mol. The van der Waals surface area contributed by atoms with Crippen molar-refractivity contribution in [1.82, 2.24) is 4.31 Å². The zero-order valence-corrected chi connectivity index (χ0v) is 14.0. The molecule has 0 aromatic heterocycles. The van der Waals surface area contributed by atoms with Crippen LogP contribution in [-0.4, -0.2) is 36.5 Å². The van der Waals surface area contributed by atoms with Crippen LogP contribution in [-0.2, 0) is 14.8 Å². The quantitative estimate of drug-likeness (QED) is 0.452. The predicted molar refractivity (Wildman–Crippen MR) is 81.2 cm³/mol. The van der Waals surface area contributed by atoms with Crippen molar-refractivity contribution < 1.29 is 13.2 Å². The third-order valence-corrected chi connectivity index (χ3v) is 8.40. The average molecular weight is 326 g/mol. The van der Waals surface area contributed by atoms with Crippen LogP contribution in [0.3, 0.4) is 0 Å². The maximum absolute atomic E-state index is 12.7. The Labute approximate surface area is 130 Å². The van der Waals surface area contributed by atoms with Gasteiger partial charge in [0.25, 0.3) is 0 Å². The molecule has 22 heavy (non-hydrogen) atoms. The molecular weight excluding hydrogens is 304 g/mol.